The van der Waals surface area contributed by atoms with Crippen LogP contribution in [0.25, 0.3) is 0 Å². The number of amides is 1. The lowest BCUT2D eigenvalue weighted by atomic mass is 10.2. The number of rotatable bonds is 5. The van der Waals surface area contributed by atoms with Crippen LogP contribution in [0.4, 0.5) is 5.69 Å². The molecule has 6 heteroatoms. The highest BCUT2D eigenvalue weighted by atomic mass is 16.5. The van der Waals surface area contributed by atoms with Crippen molar-refractivity contribution in [3.63, 3.8) is 0 Å². The van der Waals surface area contributed by atoms with E-state index in [1.54, 1.807) is 48.8 Å². The number of ether oxygens (including phenoxy) is 1. The highest BCUT2D eigenvalue weighted by Crippen LogP contribution is 2.18. The molecule has 0 aliphatic rings. The van der Waals surface area contributed by atoms with Crippen molar-refractivity contribution in [1.82, 2.24) is 10.1 Å². The third kappa shape index (κ3) is 3.60. The van der Waals surface area contributed by atoms with E-state index in [4.69, 9.17) is 9.26 Å². The minimum atomic E-state index is -0.182. The third-order valence-electron chi connectivity index (χ3n) is 3.62. The Balaban J connectivity index is 1.62. The molecule has 3 aromatic rings. The zero-order valence-corrected chi connectivity index (χ0v) is 13.4. The van der Waals surface area contributed by atoms with E-state index >= 15 is 0 Å². The predicted molar refractivity (Wildman–Crippen MR) is 88.9 cm³/mol. The Hall–Kier alpha value is -3.15. The molecule has 3 rings (SSSR count). The fraction of sp³-hybridized carbons (Fsp3) is 0.167. The molecule has 0 saturated heterocycles. The summed E-state index contributed by atoms with van der Waals surface area (Å²) in [6.45, 7) is 4.11. The van der Waals surface area contributed by atoms with Crippen LogP contribution in [0.2, 0.25) is 0 Å². The van der Waals surface area contributed by atoms with E-state index in [1.807, 2.05) is 13.8 Å². The van der Waals surface area contributed by atoms with Gasteiger partial charge in [0.25, 0.3) is 5.91 Å². The molecule has 0 unspecified atom stereocenters. The van der Waals surface area contributed by atoms with Crippen molar-refractivity contribution in [2.45, 2.75) is 20.5 Å². The monoisotopic (exact) mass is 323 g/mol. The van der Waals surface area contributed by atoms with Crippen molar-refractivity contribution >= 4 is 11.6 Å². The van der Waals surface area contributed by atoms with Gasteiger partial charge in [0.1, 0.15) is 18.1 Å². The van der Waals surface area contributed by atoms with Crippen LogP contribution in [0.3, 0.4) is 0 Å². The van der Waals surface area contributed by atoms with E-state index in [1.165, 1.54) is 0 Å². The average molecular weight is 323 g/mol. The SMILES string of the molecule is Cc1noc(C)c1COc1ccc(C(=O)Nc2ccncc2)cc1. The number of carbonyl (C=O) groups excluding carboxylic acids is 1. The van der Waals surface area contributed by atoms with E-state index in [-0.39, 0.29) is 5.91 Å². The lowest BCUT2D eigenvalue weighted by Crippen LogP contribution is -2.11. The van der Waals surface area contributed by atoms with Gasteiger partial charge < -0.3 is 14.6 Å². The van der Waals surface area contributed by atoms with Crippen LogP contribution in [0, 0.1) is 13.8 Å². The van der Waals surface area contributed by atoms with Gasteiger partial charge in [0.2, 0.25) is 0 Å². The summed E-state index contributed by atoms with van der Waals surface area (Å²) in [7, 11) is 0. The van der Waals surface area contributed by atoms with Gasteiger partial charge in [-0.15, -0.1) is 0 Å². The maximum absolute atomic E-state index is 12.2. The number of nitrogens with zero attached hydrogens (tertiary/aromatic N) is 2. The van der Waals surface area contributed by atoms with Gasteiger partial charge in [-0.1, -0.05) is 5.16 Å². The Labute approximate surface area is 139 Å². The maximum Gasteiger partial charge on any atom is 0.255 e. The number of pyridine rings is 1. The largest absolute Gasteiger partial charge is 0.489 e. The van der Waals surface area contributed by atoms with Crippen molar-refractivity contribution < 1.29 is 14.1 Å². The second-order valence-corrected chi connectivity index (χ2v) is 5.31. The first-order chi connectivity index (χ1) is 11.6. The van der Waals surface area contributed by atoms with Gasteiger partial charge in [-0.3, -0.25) is 9.78 Å². The standard InChI is InChI=1S/C18H17N3O3/c1-12-17(13(2)24-21-12)11-23-16-5-3-14(4-6-16)18(22)20-15-7-9-19-10-8-15/h3-10H,11H2,1-2H3,(H,19,20,22). The molecule has 1 N–H and O–H groups in total. The summed E-state index contributed by atoms with van der Waals surface area (Å²) in [4.78, 5) is 16.1. The third-order valence-corrected chi connectivity index (χ3v) is 3.62. The minimum Gasteiger partial charge on any atom is -0.489 e. The normalized spacial score (nSPS) is 10.4. The molecule has 2 aromatic heterocycles. The van der Waals surface area contributed by atoms with Crippen molar-refractivity contribution in [2.75, 3.05) is 5.32 Å². The summed E-state index contributed by atoms with van der Waals surface area (Å²) in [6, 6.07) is 10.4. The smallest absolute Gasteiger partial charge is 0.255 e. The first-order valence-electron chi connectivity index (χ1n) is 7.49. The topological polar surface area (TPSA) is 77.2 Å². The number of aromatic nitrogens is 2. The molecule has 2 heterocycles. The van der Waals surface area contributed by atoms with Gasteiger partial charge in [0.15, 0.2) is 0 Å². The van der Waals surface area contributed by atoms with E-state index in [2.05, 4.69) is 15.5 Å². The fourth-order valence-electron chi connectivity index (χ4n) is 2.20. The first kappa shape index (κ1) is 15.7. The van der Waals surface area contributed by atoms with Gasteiger partial charge >= 0.3 is 0 Å². The fourth-order valence-corrected chi connectivity index (χ4v) is 2.20. The molecule has 0 saturated carbocycles. The van der Waals surface area contributed by atoms with Crippen LogP contribution < -0.4 is 10.1 Å². The van der Waals surface area contributed by atoms with Crippen molar-refractivity contribution in [3.05, 3.63) is 71.4 Å². The first-order valence-corrected chi connectivity index (χ1v) is 7.49. The minimum absolute atomic E-state index is 0.182. The molecular weight excluding hydrogens is 306 g/mol. The molecule has 0 bridgehead atoms. The Bertz CT molecular complexity index is 807. The number of hydrogen-bond acceptors (Lipinski definition) is 5. The lowest BCUT2D eigenvalue weighted by Gasteiger charge is -2.08. The van der Waals surface area contributed by atoms with E-state index in [0.717, 1.165) is 17.0 Å². The molecule has 122 valence electrons. The quantitative estimate of drug-likeness (QED) is 0.777. The number of anilines is 1. The maximum atomic E-state index is 12.2. The van der Waals surface area contributed by atoms with Gasteiger partial charge in [0.05, 0.1) is 11.3 Å². The number of nitrogens with one attached hydrogen (secondary N) is 1. The lowest BCUT2D eigenvalue weighted by molar-refractivity contribution is 0.102. The zero-order valence-electron chi connectivity index (χ0n) is 13.4. The molecule has 6 nitrogen and oxygen atoms in total. The van der Waals surface area contributed by atoms with Gasteiger partial charge in [-0.25, -0.2) is 0 Å². The molecule has 0 aliphatic carbocycles. The highest BCUT2D eigenvalue weighted by molar-refractivity contribution is 6.04. The Kier molecular flexibility index (Phi) is 4.56. The van der Waals surface area contributed by atoms with Crippen molar-refractivity contribution in [1.29, 1.82) is 0 Å². The highest BCUT2D eigenvalue weighted by Gasteiger charge is 2.10. The number of aryl methyl sites for hydroxylation is 2. The molecule has 0 radical (unpaired) electrons. The zero-order chi connectivity index (χ0) is 16.9. The molecule has 0 fully saturated rings. The van der Waals surface area contributed by atoms with E-state index in [0.29, 0.717) is 23.6 Å². The Morgan fingerprint density at radius 3 is 2.46 bits per heavy atom. The van der Waals surface area contributed by atoms with Crippen LogP contribution in [0.5, 0.6) is 5.75 Å². The van der Waals surface area contributed by atoms with Crippen LogP contribution in [-0.2, 0) is 6.61 Å². The van der Waals surface area contributed by atoms with Crippen LogP contribution >= 0.6 is 0 Å². The van der Waals surface area contributed by atoms with E-state index < -0.39 is 0 Å². The predicted octanol–water partition coefficient (Wildman–Crippen LogP) is 3.52. The second kappa shape index (κ2) is 6.95. The molecule has 1 aromatic carbocycles. The van der Waals surface area contributed by atoms with Gasteiger partial charge in [-0.05, 0) is 50.2 Å². The van der Waals surface area contributed by atoms with Crippen LogP contribution in [0.1, 0.15) is 27.4 Å². The Morgan fingerprint density at radius 2 is 1.83 bits per heavy atom. The van der Waals surface area contributed by atoms with Gasteiger partial charge in [0, 0.05) is 23.6 Å². The molecule has 1 amide bonds. The molecule has 0 spiro atoms. The van der Waals surface area contributed by atoms with E-state index in [9.17, 15) is 4.79 Å². The summed E-state index contributed by atoms with van der Waals surface area (Å²) >= 11 is 0. The van der Waals surface area contributed by atoms with Crippen LogP contribution in [-0.4, -0.2) is 16.0 Å². The summed E-state index contributed by atoms with van der Waals surface area (Å²) < 4.78 is 10.8. The number of benzene rings is 1. The summed E-state index contributed by atoms with van der Waals surface area (Å²) in [5, 5.41) is 6.70. The number of hydrogen-bond donors (Lipinski definition) is 1. The molecule has 0 aliphatic heterocycles. The molecular formula is C18H17N3O3. The van der Waals surface area contributed by atoms with Crippen molar-refractivity contribution in [2.24, 2.45) is 0 Å². The molecule has 24 heavy (non-hydrogen) atoms. The van der Waals surface area contributed by atoms with Crippen LogP contribution in [0.15, 0.2) is 53.3 Å². The summed E-state index contributed by atoms with van der Waals surface area (Å²) in [6.07, 6.45) is 3.25. The summed E-state index contributed by atoms with van der Waals surface area (Å²) in [5.74, 6) is 1.25. The molecule has 0 atom stereocenters. The second-order valence-electron chi connectivity index (χ2n) is 5.31. The Morgan fingerprint density at radius 1 is 1.12 bits per heavy atom. The number of carbonyl (C=O) groups is 1. The van der Waals surface area contributed by atoms with Crippen molar-refractivity contribution in [3.8, 4) is 5.75 Å². The van der Waals surface area contributed by atoms with Gasteiger partial charge in [-0.2, -0.15) is 0 Å². The summed E-state index contributed by atoms with van der Waals surface area (Å²) in [5.41, 5.74) is 3.01. The average Bonchev–Trinajstić information content (AvgIpc) is 2.92.